The Hall–Kier alpha value is -3.89. The summed E-state index contributed by atoms with van der Waals surface area (Å²) >= 11 is 0. The summed E-state index contributed by atoms with van der Waals surface area (Å²) in [5.74, 6) is 1.23. The van der Waals surface area contributed by atoms with Crippen LogP contribution in [0.1, 0.15) is 32.0 Å². The minimum Gasteiger partial charge on any atom is -0.460 e. The number of furan rings is 1. The number of fused-ring (bicyclic) bond motifs is 2. The molecule has 188 valence electrons. The molecule has 10 heteroatoms. The highest BCUT2D eigenvalue weighted by Gasteiger charge is 2.44. The predicted octanol–water partition coefficient (Wildman–Crippen LogP) is 2.60. The van der Waals surface area contributed by atoms with Crippen molar-refractivity contribution in [2.24, 2.45) is 0 Å². The fourth-order valence-electron chi connectivity index (χ4n) is 4.99. The lowest BCUT2D eigenvalue weighted by molar-refractivity contribution is -0.0920. The van der Waals surface area contributed by atoms with Crippen molar-refractivity contribution in [2.75, 3.05) is 40.8 Å². The Morgan fingerprint density at radius 1 is 1.25 bits per heavy atom. The number of aliphatic hydroxyl groups is 1. The van der Waals surface area contributed by atoms with Gasteiger partial charge in [0.15, 0.2) is 5.75 Å². The monoisotopic (exact) mass is 491 g/mol. The SMILES string of the molecule is CNC(=O)c1c(C)oc2cc(Oc3ccnn4cc(C(=O)N5CC(O)(CN(C)C)C5)c(C)c34)ccc12. The van der Waals surface area contributed by atoms with E-state index in [0.717, 1.165) is 5.56 Å². The van der Waals surface area contributed by atoms with Crippen LogP contribution >= 0.6 is 0 Å². The molecule has 4 heterocycles. The third kappa shape index (κ3) is 3.98. The van der Waals surface area contributed by atoms with Gasteiger partial charge in [0.05, 0.1) is 30.4 Å². The number of nitrogens with zero attached hydrogens (tertiary/aromatic N) is 4. The third-order valence-corrected chi connectivity index (χ3v) is 6.51. The van der Waals surface area contributed by atoms with Gasteiger partial charge in [0.2, 0.25) is 0 Å². The zero-order valence-electron chi connectivity index (χ0n) is 21.0. The number of rotatable bonds is 6. The summed E-state index contributed by atoms with van der Waals surface area (Å²) in [5.41, 5.74) is 2.07. The summed E-state index contributed by atoms with van der Waals surface area (Å²) in [6.45, 7) is 4.68. The first-order valence-corrected chi connectivity index (χ1v) is 11.7. The first-order valence-electron chi connectivity index (χ1n) is 11.7. The van der Waals surface area contributed by atoms with Crippen molar-refractivity contribution in [3.63, 3.8) is 0 Å². The lowest BCUT2D eigenvalue weighted by atomic mass is 9.92. The minimum absolute atomic E-state index is 0.151. The summed E-state index contributed by atoms with van der Waals surface area (Å²) in [6.07, 6.45) is 3.30. The van der Waals surface area contributed by atoms with E-state index in [1.807, 2.05) is 25.9 Å². The zero-order valence-corrected chi connectivity index (χ0v) is 21.0. The second kappa shape index (κ2) is 8.65. The molecule has 1 aliphatic rings. The van der Waals surface area contributed by atoms with E-state index in [1.54, 1.807) is 60.0 Å². The number of aromatic nitrogens is 2. The molecule has 2 N–H and O–H groups in total. The number of likely N-dealkylation sites (N-methyl/N-ethyl adjacent to an activating group) is 1. The highest BCUT2D eigenvalue weighted by atomic mass is 16.5. The summed E-state index contributed by atoms with van der Waals surface area (Å²) in [4.78, 5) is 29.0. The first kappa shape index (κ1) is 23.8. The van der Waals surface area contributed by atoms with Crippen LogP contribution in [0.4, 0.5) is 0 Å². The Morgan fingerprint density at radius 3 is 2.69 bits per heavy atom. The number of aryl methyl sites for hydroxylation is 2. The van der Waals surface area contributed by atoms with E-state index < -0.39 is 5.60 Å². The van der Waals surface area contributed by atoms with Crippen molar-refractivity contribution >= 4 is 28.3 Å². The molecule has 0 radical (unpaired) electrons. The van der Waals surface area contributed by atoms with Crippen molar-refractivity contribution < 1.29 is 23.8 Å². The predicted molar refractivity (Wildman–Crippen MR) is 134 cm³/mol. The molecule has 36 heavy (non-hydrogen) atoms. The van der Waals surface area contributed by atoms with Crippen molar-refractivity contribution in [1.29, 1.82) is 0 Å². The van der Waals surface area contributed by atoms with Gasteiger partial charge in [-0.15, -0.1) is 0 Å². The molecule has 1 fully saturated rings. The fraction of sp³-hybridized carbons (Fsp3) is 0.346. The number of carbonyl (C=O) groups is 2. The van der Waals surface area contributed by atoms with Crippen LogP contribution in [0, 0.1) is 13.8 Å². The van der Waals surface area contributed by atoms with Crippen LogP contribution in [0.15, 0.2) is 41.1 Å². The van der Waals surface area contributed by atoms with E-state index in [1.165, 1.54) is 0 Å². The van der Waals surface area contributed by atoms with Crippen LogP contribution in [0.3, 0.4) is 0 Å². The van der Waals surface area contributed by atoms with Crippen LogP contribution in [0.25, 0.3) is 16.5 Å². The highest BCUT2D eigenvalue weighted by Crippen LogP contribution is 2.35. The molecule has 5 rings (SSSR count). The maximum atomic E-state index is 13.2. The minimum atomic E-state index is -0.890. The van der Waals surface area contributed by atoms with E-state index in [4.69, 9.17) is 9.15 Å². The van der Waals surface area contributed by atoms with Gasteiger partial charge in [0.1, 0.15) is 28.2 Å². The van der Waals surface area contributed by atoms with Gasteiger partial charge in [-0.1, -0.05) is 0 Å². The molecule has 0 spiro atoms. The van der Waals surface area contributed by atoms with Crippen LogP contribution in [0.5, 0.6) is 11.5 Å². The largest absolute Gasteiger partial charge is 0.460 e. The van der Waals surface area contributed by atoms with Crippen molar-refractivity contribution in [3.8, 4) is 11.5 Å². The number of amides is 2. The number of ether oxygens (including phenoxy) is 1. The number of β-amino-alcohol motifs (C(OH)–C–C–N with tert-alkyl or cyclic N) is 1. The van der Waals surface area contributed by atoms with Crippen molar-refractivity contribution in [2.45, 2.75) is 19.4 Å². The van der Waals surface area contributed by atoms with Crippen molar-refractivity contribution in [3.05, 3.63) is 59.1 Å². The average molecular weight is 492 g/mol. The second-order valence-electron chi connectivity index (χ2n) is 9.65. The molecule has 0 aliphatic carbocycles. The van der Waals surface area contributed by atoms with Crippen LogP contribution in [0.2, 0.25) is 0 Å². The molecular formula is C26H29N5O5. The Bertz CT molecular complexity index is 1500. The fourth-order valence-corrected chi connectivity index (χ4v) is 4.99. The van der Waals surface area contributed by atoms with Gasteiger partial charge in [0.25, 0.3) is 11.8 Å². The van der Waals surface area contributed by atoms with Crippen LogP contribution in [-0.2, 0) is 0 Å². The molecule has 2 amide bonds. The first-order chi connectivity index (χ1) is 17.1. The van der Waals surface area contributed by atoms with Gasteiger partial charge in [0, 0.05) is 37.3 Å². The standard InChI is InChI=1S/C26H29N5O5/c1-15-19(25(33)30-13-26(34,14-30)12-29(4)5)11-31-23(15)20(8-9-28-31)36-17-6-7-18-21(10-17)35-16(2)22(18)24(32)27-3/h6-11,34H,12-14H2,1-5H3,(H,27,32). The molecule has 1 saturated heterocycles. The lowest BCUT2D eigenvalue weighted by Gasteiger charge is -2.47. The van der Waals surface area contributed by atoms with Crippen molar-refractivity contribution in [1.82, 2.24) is 24.7 Å². The number of hydrogen-bond donors (Lipinski definition) is 2. The van der Waals surface area contributed by atoms with Crippen LogP contribution in [-0.4, -0.2) is 82.7 Å². The molecular weight excluding hydrogens is 462 g/mol. The van der Waals surface area contributed by atoms with Gasteiger partial charge in [-0.25, -0.2) is 4.52 Å². The normalized spacial score (nSPS) is 14.9. The molecule has 0 saturated carbocycles. The summed E-state index contributed by atoms with van der Waals surface area (Å²) in [5, 5.41) is 18.3. The molecule has 0 atom stereocenters. The van der Waals surface area contributed by atoms with Gasteiger partial charge in [-0.2, -0.15) is 5.10 Å². The van der Waals surface area contributed by atoms with Gasteiger partial charge < -0.3 is 29.4 Å². The third-order valence-electron chi connectivity index (χ3n) is 6.51. The molecule has 3 aromatic heterocycles. The lowest BCUT2D eigenvalue weighted by Crippen LogP contribution is -2.67. The zero-order chi connectivity index (χ0) is 25.8. The van der Waals surface area contributed by atoms with Gasteiger partial charge >= 0.3 is 0 Å². The Kier molecular flexibility index (Phi) is 5.73. The molecule has 1 aromatic carbocycles. The Labute approximate surface area is 208 Å². The average Bonchev–Trinajstić information content (AvgIpc) is 3.32. The highest BCUT2D eigenvalue weighted by molar-refractivity contribution is 6.07. The second-order valence-corrected chi connectivity index (χ2v) is 9.65. The van der Waals surface area contributed by atoms with E-state index in [9.17, 15) is 14.7 Å². The van der Waals surface area contributed by atoms with Gasteiger partial charge in [-0.3, -0.25) is 9.59 Å². The van der Waals surface area contributed by atoms with E-state index in [0.29, 0.717) is 51.4 Å². The molecule has 0 bridgehead atoms. The molecule has 10 nitrogen and oxygen atoms in total. The summed E-state index contributed by atoms with van der Waals surface area (Å²) < 4.78 is 13.6. The number of nitrogens with one attached hydrogen (secondary N) is 1. The van der Waals surface area contributed by atoms with Crippen LogP contribution < -0.4 is 10.1 Å². The molecule has 0 unspecified atom stereocenters. The van der Waals surface area contributed by atoms with Gasteiger partial charge in [-0.05, 0) is 45.6 Å². The Morgan fingerprint density at radius 2 is 2.00 bits per heavy atom. The number of carbonyl (C=O) groups excluding carboxylic acids is 2. The summed E-state index contributed by atoms with van der Waals surface area (Å²) in [6, 6.07) is 7.05. The quantitative estimate of drug-likeness (QED) is 0.426. The summed E-state index contributed by atoms with van der Waals surface area (Å²) in [7, 11) is 5.37. The maximum Gasteiger partial charge on any atom is 0.255 e. The maximum absolute atomic E-state index is 13.2. The molecule has 1 aliphatic heterocycles. The number of hydrogen-bond acceptors (Lipinski definition) is 7. The molecule has 4 aromatic rings. The topological polar surface area (TPSA) is 113 Å². The van der Waals surface area contributed by atoms with E-state index >= 15 is 0 Å². The van der Waals surface area contributed by atoms with E-state index in [2.05, 4.69) is 10.4 Å². The Balaban J connectivity index is 1.43. The number of likely N-dealkylation sites (tertiary alicyclic amines) is 1. The number of benzene rings is 1. The smallest absolute Gasteiger partial charge is 0.255 e. The van der Waals surface area contributed by atoms with E-state index in [-0.39, 0.29) is 24.9 Å².